The summed E-state index contributed by atoms with van der Waals surface area (Å²) in [7, 11) is 0. The average molecular weight is 287 g/mol. The van der Waals surface area contributed by atoms with Gasteiger partial charge in [0.2, 0.25) is 5.91 Å². The highest BCUT2D eigenvalue weighted by Gasteiger charge is 2.17. The summed E-state index contributed by atoms with van der Waals surface area (Å²) in [5.41, 5.74) is 0.526. The predicted molar refractivity (Wildman–Crippen MR) is 80.9 cm³/mol. The third kappa shape index (κ3) is 2.67. The van der Waals surface area contributed by atoms with Gasteiger partial charge in [-0.25, -0.2) is 4.79 Å². The maximum Gasteiger partial charge on any atom is 0.339 e. The van der Waals surface area contributed by atoms with Gasteiger partial charge in [-0.1, -0.05) is 25.1 Å². The summed E-state index contributed by atoms with van der Waals surface area (Å²) in [4.78, 5) is 24.5. The van der Waals surface area contributed by atoms with Gasteiger partial charge in [0.15, 0.2) is 0 Å². The van der Waals surface area contributed by atoms with E-state index in [-0.39, 0.29) is 17.2 Å². The number of carbonyl (C=O) groups excluding carboxylic acids is 1. The summed E-state index contributed by atoms with van der Waals surface area (Å²) < 4.78 is 0. The largest absolute Gasteiger partial charge is 0.506 e. The molecule has 0 aromatic heterocycles. The molecule has 5 nitrogen and oxygen atoms in total. The first-order chi connectivity index (χ1) is 9.97. The molecule has 0 saturated carbocycles. The zero-order valence-corrected chi connectivity index (χ0v) is 12.0. The number of amides is 1. The molecule has 0 heterocycles. The van der Waals surface area contributed by atoms with Gasteiger partial charge in [0.1, 0.15) is 11.3 Å². The van der Waals surface area contributed by atoms with Gasteiger partial charge in [-0.15, -0.1) is 0 Å². The van der Waals surface area contributed by atoms with Crippen LogP contribution in [0.25, 0.3) is 10.8 Å². The average Bonchev–Trinajstić information content (AvgIpc) is 2.44. The zero-order chi connectivity index (χ0) is 15.6. The third-order valence-electron chi connectivity index (χ3n) is 3.36. The Balaban J connectivity index is 2.69. The second-order valence-electron chi connectivity index (χ2n) is 4.81. The van der Waals surface area contributed by atoms with Crippen molar-refractivity contribution in [1.29, 1.82) is 0 Å². The lowest BCUT2D eigenvalue weighted by molar-refractivity contribution is -0.116. The Morgan fingerprint density at radius 1 is 1.14 bits per heavy atom. The van der Waals surface area contributed by atoms with Crippen LogP contribution >= 0.6 is 0 Å². The summed E-state index contributed by atoms with van der Waals surface area (Å²) in [6, 6.07) is 8.12. The van der Waals surface area contributed by atoms with Crippen LogP contribution in [0.4, 0.5) is 5.69 Å². The number of fused-ring (bicyclic) bond motifs is 1. The maximum atomic E-state index is 11.8. The van der Waals surface area contributed by atoms with Gasteiger partial charge in [0.05, 0.1) is 5.69 Å². The molecular formula is C16H17NO4. The quantitative estimate of drug-likeness (QED) is 0.906. The fraction of sp³-hybridized carbons (Fsp3) is 0.250. The number of aromatic carboxylic acids is 1. The molecule has 0 spiro atoms. The number of carbonyl (C=O) groups is 2. The van der Waals surface area contributed by atoms with Crippen LogP contribution < -0.4 is 4.90 Å². The van der Waals surface area contributed by atoms with Gasteiger partial charge in [0.25, 0.3) is 0 Å². The third-order valence-corrected chi connectivity index (χ3v) is 3.36. The second-order valence-corrected chi connectivity index (χ2v) is 4.81. The van der Waals surface area contributed by atoms with Crippen molar-refractivity contribution in [2.45, 2.75) is 20.3 Å². The Hall–Kier alpha value is -2.56. The van der Waals surface area contributed by atoms with E-state index in [1.54, 1.807) is 29.2 Å². The molecule has 2 N–H and O–H groups in total. The van der Waals surface area contributed by atoms with Gasteiger partial charge in [-0.2, -0.15) is 0 Å². The molecule has 0 saturated heterocycles. The van der Waals surface area contributed by atoms with Gasteiger partial charge in [-0.3, -0.25) is 4.79 Å². The zero-order valence-electron chi connectivity index (χ0n) is 12.0. The molecule has 0 aliphatic carbocycles. The van der Waals surface area contributed by atoms with Crippen LogP contribution in [-0.2, 0) is 4.79 Å². The molecular weight excluding hydrogens is 270 g/mol. The van der Waals surface area contributed by atoms with E-state index in [1.165, 1.54) is 13.0 Å². The van der Waals surface area contributed by atoms with E-state index in [2.05, 4.69) is 0 Å². The number of carboxylic acids is 1. The smallest absolute Gasteiger partial charge is 0.339 e. The Kier molecular flexibility index (Phi) is 4.12. The SMILES string of the molecule is CCCN(C(C)=O)c1cccc2c(O)c(C(=O)O)ccc12. The van der Waals surface area contributed by atoms with Crippen molar-refractivity contribution in [2.75, 3.05) is 11.4 Å². The van der Waals surface area contributed by atoms with Crippen LogP contribution in [0.5, 0.6) is 5.75 Å². The van der Waals surface area contributed by atoms with E-state index < -0.39 is 5.97 Å². The normalized spacial score (nSPS) is 10.6. The molecule has 2 aromatic carbocycles. The molecule has 0 radical (unpaired) electrons. The lowest BCUT2D eigenvalue weighted by atomic mass is 10.0. The van der Waals surface area contributed by atoms with E-state index in [0.717, 1.165) is 6.42 Å². The second kappa shape index (κ2) is 5.83. The highest BCUT2D eigenvalue weighted by atomic mass is 16.4. The first kappa shape index (κ1) is 14.8. The number of hydrogen-bond acceptors (Lipinski definition) is 3. The number of nitrogens with zero attached hydrogens (tertiary/aromatic N) is 1. The predicted octanol–water partition coefficient (Wildman–Crippen LogP) is 3.01. The van der Waals surface area contributed by atoms with Crippen molar-refractivity contribution in [3.05, 3.63) is 35.9 Å². The number of benzene rings is 2. The Morgan fingerprint density at radius 2 is 1.86 bits per heavy atom. The Bertz CT molecular complexity index is 709. The number of anilines is 1. The lowest BCUT2D eigenvalue weighted by Gasteiger charge is -2.22. The molecule has 0 bridgehead atoms. The van der Waals surface area contributed by atoms with Crippen LogP contribution in [0.3, 0.4) is 0 Å². The van der Waals surface area contributed by atoms with Crippen molar-refractivity contribution in [3.63, 3.8) is 0 Å². The molecule has 0 unspecified atom stereocenters. The summed E-state index contributed by atoms with van der Waals surface area (Å²) >= 11 is 0. The molecule has 0 aliphatic rings. The topological polar surface area (TPSA) is 77.8 Å². The fourth-order valence-electron chi connectivity index (χ4n) is 2.40. The van der Waals surface area contributed by atoms with Crippen molar-refractivity contribution < 1.29 is 19.8 Å². The molecule has 0 fully saturated rings. The minimum atomic E-state index is -1.18. The Labute approximate surface area is 122 Å². The van der Waals surface area contributed by atoms with Crippen LogP contribution in [0.1, 0.15) is 30.6 Å². The highest BCUT2D eigenvalue weighted by Crippen LogP contribution is 2.34. The van der Waals surface area contributed by atoms with E-state index in [0.29, 0.717) is 23.0 Å². The van der Waals surface area contributed by atoms with E-state index in [9.17, 15) is 14.7 Å². The van der Waals surface area contributed by atoms with Gasteiger partial charge < -0.3 is 15.1 Å². The lowest BCUT2D eigenvalue weighted by Crippen LogP contribution is -2.29. The molecule has 0 atom stereocenters. The van der Waals surface area contributed by atoms with Crippen molar-refractivity contribution >= 4 is 28.3 Å². The molecule has 5 heteroatoms. The number of hydrogen-bond donors (Lipinski definition) is 2. The van der Waals surface area contributed by atoms with Crippen molar-refractivity contribution in [2.24, 2.45) is 0 Å². The first-order valence-electron chi connectivity index (χ1n) is 6.73. The molecule has 110 valence electrons. The summed E-state index contributed by atoms with van der Waals surface area (Å²) in [5.74, 6) is -1.55. The van der Waals surface area contributed by atoms with Gasteiger partial charge >= 0.3 is 5.97 Å². The van der Waals surface area contributed by atoms with E-state index in [1.807, 2.05) is 6.92 Å². The van der Waals surface area contributed by atoms with Crippen LogP contribution in [0.2, 0.25) is 0 Å². The van der Waals surface area contributed by atoms with E-state index >= 15 is 0 Å². The number of carboxylic acid groups (broad SMARTS) is 1. The van der Waals surface area contributed by atoms with Crippen molar-refractivity contribution in [3.8, 4) is 5.75 Å². The minimum absolute atomic E-state index is 0.0915. The van der Waals surface area contributed by atoms with Gasteiger partial charge in [0, 0.05) is 24.2 Å². The molecule has 21 heavy (non-hydrogen) atoms. The van der Waals surface area contributed by atoms with Gasteiger partial charge in [-0.05, 0) is 18.6 Å². The highest BCUT2D eigenvalue weighted by molar-refractivity contribution is 6.08. The van der Waals surface area contributed by atoms with Crippen LogP contribution in [0.15, 0.2) is 30.3 Å². The molecule has 1 amide bonds. The minimum Gasteiger partial charge on any atom is -0.506 e. The first-order valence-corrected chi connectivity index (χ1v) is 6.73. The summed E-state index contributed by atoms with van der Waals surface area (Å²) in [6.07, 6.45) is 0.801. The monoisotopic (exact) mass is 287 g/mol. The molecule has 2 rings (SSSR count). The van der Waals surface area contributed by atoms with E-state index in [4.69, 9.17) is 5.11 Å². The number of rotatable bonds is 4. The van der Waals surface area contributed by atoms with Crippen molar-refractivity contribution in [1.82, 2.24) is 0 Å². The molecule has 2 aromatic rings. The summed E-state index contributed by atoms with van der Waals surface area (Å²) in [6.45, 7) is 4.02. The fourth-order valence-corrected chi connectivity index (χ4v) is 2.40. The maximum absolute atomic E-state index is 11.8. The number of phenols is 1. The number of aromatic hydroxyl groups is 1. The standard InChI is InChI=1S/C16H17NO4/c1-3-9-17(10(2)18)14-6-4-5-12-11(14)7-8-13(15(12)19)16(20)21/h4-8,19H,3,9H2,1-2H3,(H,20,21). The van der Waals surface area contributed by atoms with Crippen LogP contribution in [0, 0.1) is 0 Å². The molecule has 0 aliphatic heterocycles. The summed E-state index contributed by atoms with van der Waals surface area (Å²) in [5, 5.41) is 20.2. The van der Waals surface area contributed by atoms with Crippen LogP contribution in [-0.4, -0.2) is 28.6 Å². The Morgan fingerprint density at radius 3 is 2.43 bits per heavy atom.